The molecule has 3 heterocycles. The predicted molar refractivity (Wildman–Crippen MR) is 112 cm³/mol. The number of carbonyl (C=O) groups excluding carboxylic acids is 2. The Bertz CT molecular complexity index is 1200. The Labute approximate surface area is 178 Å². The van der Waals surface area contributed by atoms with E-state index in [1.165, 1.54) is 12.1 Å². The summed E-state index contributed by atoms with van der Waals surface area (Å²) >= 11 is 0. The molecular formula is C23H22N2O6. The number of fused-ring (bicyclic) bond motifs is 3. The third-order valence-electron chi connectivity index (χ3n) is 6.33. The Balaban J connectivity index is 1.80. The topological polar surface area (TPSA) is 110 Å². The molecule has 1 amide bonds. The van der Waals surface area contributed by atoms with E-state index >= 15 is 0 Å². The first-order valence-electron chi connectivity index (χ1n) is 10.0. The fourth-order valence-electron chi connectivity index (χ4n) is 5.16. The summed E-state index contributed by atoms with van der Waals surface area (Å²) in [6, 6.07) is 12.3. The third-order valence-corrected chi connectivity index (χ3v) is 6.33. The van der Waals surface area contributed by atoms with Crippen molar-refractivity contribution in [2.45, 2.75) is 30.6 Å². The number of para-hydroxylation sites is 1. The van der Waals surface area contributed by atoms with E-state index in [0.717, 1.165) is 16.5 Å². The molecular weight excluding hydrogens is 400 g/mol. The number of amides is 1. The van der Waals surface area contributed by atoms with Crippen molar-refractivity contribution in [1.82, 2.24) is 4.57 Å². The van der Waals surface area contributed by atoms with Crippen LogP contribution in [0, 0.1) is 0 Å². The van der Waals surface area contributed by atoms with Crippen LogP contribution in [0.4, 0.5) is 5.69 Å². The molecule has 3 atom stereocenters. The van der Waals surface area contributed by atoms with Gasteiger partial charge in [-0.3, -0.25) is 9.59 Å². The monoisotopic (exact) mass is 422 g/mol. The van der Waals surface area contributed by atoms with Crippen LogP contribution in [0.3, 0.4) is 0 Å². The van der Waals surface area contributed by atoms with Gasteiger partial charge in [-0.05, 0) is 23.3 Å². The van der Waals surface area contributed by atoms with E-state index in [0.29, 0.717) is 18.0 Å². The second-order valence-electron chi connectivity index (χ2n) is 8.02. The van der Waals surface area contributed by atoms with Crippen molar-refractivity contribution in [3.63, 3.8) is 0 Å². The van der Waals surface area contributed by atoms with Gasteiger partial charge in [0.25, 0.3) is 0 Å². The summed E-state index contributed by atoms with van der Waals surface area (Å²) in [7, 11) is 1.60. The number of ether oxygens (including phenoxy) is 2. The minimum atomic E-state index is -1.32. The van der Waals surface area contributed by atoms with Crippen LogP contribution in [-0.2, 0) is 31.2 Å². The number of aliphatic hydroxyl groups is 1. The van der Waals surface area contributed by atoms with Gasteiger partial charge in [0.05, 0.1) is 12.1 Å². The summed E-state index contributed by atoms with van der Waals surface area (Å²) in [6.45, 7) is -0.0687. The number of phenolic OH excluding ortho intramolecular Hbond substituents is 1. The number of anilines is 1. The van der Waals surface area contributed by atoms with Crippen molar-refractivity contribution in [1.29, 1.82) is 0 Å². The summed E-state index contributed by atoms with van der Waals surface area (Å²) in [5.74, 6) is -1.53. The van der Waals surface area contributed by atoms with Gasteiger partial charge in [-0.1, -0.05) is 24.3 Å². The number of methoxy groups -OCH3 is 1. The number of rotatable bonds is 4. The molecule has 31 heavy (non-hydrogen) atoms. The molecule has 160 valence electrons. The van der Waals surface area contributed by atoms with Crippen molar-refractivity contribution in [3.05, 3.63) is 59.8 Å². The molecule has 1 spiro atoms. The fraction of sp³-hybridized carbons (Fsp3) is 0.304. The van der Waals surface area contributed by atoms with Crippen LogP contribution in [-0.4, -0.2) is 46.5 Å². The van der Waals surface area contributed by atoms with Crippen molar-refractivity contribution in [2.24, 2.45) is 0 Å². The van der Waals surface area contributed by atoms with Gasteiger partial charge in [0.1, 0.15) is 24.0 Å². The molecule has 8 heteroatoms. The number of phenols is 1. The number of nitrogens with zero attached hydrogens (tertiary/aromatic N) is 1. The minimum absolute atomic E-state index is 0.0191. The number of hydrogen-bond acceptors (Lipinski definition) is 6. The molecule has 1 aromatic heterocycles. The summed E-state index contributed by atoms with van der Waals surface area (Å²) in [4.78, 5) is 26.1. The van der Waals surface area contributed by atoms with Crippen LogP contribution in [0.5, 0.6) is 5.75 Å². The zero-order valence-electron chi connectivity index (χ0n) is 16.9. The second kappa shape index (κ2) is 7.11. The zero-order valence-corrected chi connectivity index (χ0v) is 16.9. The van der Waals surface area contributed by atoms with Crippen molar-refractivity contribution < 1.29 is 29.3 Å². The fourth-order valence-corrected chi connectivity index (χ4v) is 5.16. The number of hydrogen-bond donors (Lipinski definition) is 3. The minimum Gasteiger partial charge on any atom is -0.508 e. The smallest absolute Gasteiger partial charge is 0.318 e. The number of aromatic nitrogens is 1. The van der Waals surface area contributed by atoms with Crippen molar-refractivity contribution in [2.75, 3.05) is 19.0 Å². The largest absolute Gasteiger partial charge is 0.508 e. The maximum atomic E-state index is 13.4. The van der Waals surface area contributed by atoms with E-state index in [9.17, 15) is 19.8 Å². The Morgan fingerprint density at radius 1 is 1.26 bits per heavy atom. The highest BCUT2D eigenvalue weighted by atomic mass is 16.6. The van der Waals surface area contributed by atoms with Crippen molar-refractivity contribution in [3.8, 4) is 5.75 Å². The average Bonchev–Trinajstić information content (AvgIpc) is 3.23. The lowest BCUT2D eigenvalue weighted by Gasteiger charge is -2.37. The molecule has 2 aliphatic heterocycles. The maximum Gasteiger partial charge on any atom is 0.318 e. The van der Waals surface area contributed by atoms with Crippen molar-refractivity contribution >= 4 is 28.5 Å². The van der Waals surface area contributed by atoms with E-state index in [4.69, 9.17) is 9.47 Å². The normalized spacial score (nSPS) is 25.0. The molecule has 8 nitrogen and oxygen atoms in total. The number of aromatic hydroxyl groups is 1. The van der Waals surface area contributed by atoms with E-state index in [1.807, 2.05) is 35.0 Å². The molecule has 3 unspecified atom stereocenters. The first kappa shape index (κ1) is 19.6. The summed E-state index contributed by atoms with van der Waals surface area (Å²) < 4.78 is 12.9. The Morgan fingerprint density at radius 2 is 2.06 bits per heavy atom. The molecule has 2 aliphatic rings. The molecule has 0 saturated carbocycles. The third kappa shape index (κ3) is 2.75. The second-order valence-corrected chi connectivity index (χ2v) is 8.02. The van der Waals surface area contributed by atoms with Gasteiger partial charge in [-0.15, -0.1) is 0 Å². The van der Waals surface area contributed by atoms with Crippen LogP contribution in [0.25, 0.3) is 10.9 Å². The van der Waals surface area contributed by atoms with E-state index in [-0.39, 0.29) is 24.7 Å². The molecule has 1 fully saturated rings. The van der Waals surface area contributed by atoms with Gasteiger partial charge < -0.3 is 29.6 Å². The Morgan fingerprint density at radius 3 is 2.84 bits per heavy atom. The lowest BCUT2D eigenvalue weighted by Crippen LogP contribution is -2.45. The standard InChI is InChI=1S/C23H22N2O6/c1-30-12-25-10-15(14-4-2-3-5-18(14)25)21-19(11-26)31-22(29)23(21)9-20(28)24-17-8-13(27)6-7-16(17)23/h2-8,10,19,21,26-27H,9,11-12H2,1H3,(H,24,28). The SMILES string of the molecule is COCn1cc(C2C(CO)OC(=O)C23CC(=O)Nc2cc(O)ccc23)c2ccccc21. The molecule has 3 N–H and O–H groups in total. The van der Waals surface area contributed by atoms with Gasteiger partial charge >= 0.3 is 5.97 Å². The van der Waals surface area contributed by atoms with Crippen LogP contribution < -0.4 is 5.32 Å². The summed E-state index contributed by atoms with van der Waals surface area (Å²) in [5.41, 5.74) is 1.33. The molecule has 5 rings (SSSR count). The highest BCUT2D eigenvalue weighted by Gasteiger charge is 2.62. The van der Waals surface area contributed by atoms with E-state index < -0.39 is 23.4 Å². The molecule has 0 aliphatic carbocycles. The molecule has 3 aromatic rings. The lowest BCUT2D eigenvalue weighted by atomic mass is 9.63. The first-order valence-corrected chi connectivity index (χ1v) is 10.0. The van der Waals surface area contributed by atoms with Gasteiger partial charge in [0.2, 0.25) is 5.91 Å². The molecule has 1 saturated heterocycles. The number of cyclic esters (lactones) is 1. The first-order chi connectivity index (χ1) is 15.0. The average molecular weight is 422 g/mol. The highest BCUT2D eigenvalue weighted by Crippen LogP contribution is 2.55. The van der Waals surface area contributed by atoms with Gasteiger partial charge in [-0.25, -0.2) is 0 Å². The summed E-state index contributed by atoms with van der Waals surface area (Å²) in [5, 5.41) is 23.7. The van der Waals surface area contributed by atoms with E-state index in [1.54, 1.807) is 13.2 Å². The highest BCUT2D eigenvalue weighted by molar-refractivity contribution is 6.04. The number of aliphatic hydroxyl groups excluding tert-OH is 1. The molecule has 0 bridgehead atoms. The zero-order chi connectivity index (χ0) is 21.8. The lowest BCUT2D eigenvalue weighted by molar-refractivity contribution is -0.148. The Hall–Kier alpha value is -3.36. The van der Waals surface area contributed by atoms with Crippen LogP contribution in [0.2, 0.25) is 0 Å². The number of carbonyl (C=O) groups is 2. The van der Waals surface area contributed by atoms with Crippen LogP contribution in [0.1, 0.15) is 23.5 Å². The number of nitrogens with one attached hydrogen (secondary N) is 1. The van der Waals surface area contributed by atoms with Gasteiger partial charge in [-0.2, -0.15) is 0 Å². The van der Waals surface area contributed by atoms with Crippen LogP contribution in [0.15, 0.2) is 48.7 Å². The quantitative estimate of drug-likeness (QED) is 0.556. The van der Waals surface area contributed by atoms with Gasteiger partial charge in [0, 0.05) is 42.8 Å². The maximum absolute atomic E-state index is 13.4. The molecule has 2 aromatic carbocycles. The number of esters is 1. The molecule has 0 radical (unpaired) electrons. The van der Waals surface area contributed by atoms with Crippen LogP contribution >= 0.6 is 0 Å². The predicted octanol–water partition coefficient (Wildman–Crippen LogP) is 2.23. The summed E-state index contributed by atoms with van der Waals surface area (Å²) in [6.07, 6.45) is 0.966. The number of benzene rings is 2. The Kier molecular flexibility index (Phi) is 4.49. The van der Waals surface area contributed by atoms with E-state index in [2.05, 4.69) is 5.32 Å². The van der Waals surface area contributed by atoms with Gasteiger partial charge in [0.15, 0.2) is 0 Å².